The lowest BCUT2D eigenvalue weighted by atomic mass is 10.3. The third kappa shape index (κ3) is 3.12. The van der Waals surface area contributed by atoms with E-state index in [1.54, 1.807) is 17.5 Å². The number of nitrogens with one attached hydrogen (secondary N) is 1. The van der Waals surface area contributed by atoms with Gasteiger partial charge in [-0.05, 0) is 25.0 Å². The molecule has 23 heavy (non-hydrogen) atoms. The summed E-state index contributed by atoms with van der Waals surface area (Å²) >= 11 is 1.62. The Morgan fingerprint density at radius 3 is 3.00 bits per heavy atom. The fourth-order valence-electron chi connectivity index (χ4n) is 2.80. The molecule has 5 nitrogen and oxygen atoms in total. The molecule has 1 aliphatic carbocycles. The molecule has 118 valence electrons. The number of aromatic nitrogens is 3. The first kappa shape index (κ1) is 14.4. The molecule has 1 amide bonds. The van der Waals surface area contributed by atoms with Crippen molar-refractivity contribution in [2.45, 2.75) is 31.7 Å². The van der Waals surface area contributed by atoms with E-state index in [4.69, 9.17) is 4.98 Å². The minimum Gasteiger partial charge on any atom is -0.354 e. The maximum absolute atomic E-state index is 12.3. The van der Waals surface area contributed by atoms with Gasteiger partial charge in [-0.2, -0.15) is 0 Å². The topological polar surface area (TPSA) is 59.8 Å². The average Bonchev–Trinajstić information content (AvgIpc) is 3.15. The van der Waals surface area contributed by atoms with Gasteiger partial charge in [0, 0.05) is 30.5 Å². The van der Waals surface area contributed by atoms with Gasteiger partial charge in [-0.25, -0.2) is 9.97 Å². The second-order valence-electron chi connectivity index (χ2n) is 5.84. The number of fused-ring (bicyclic) bond motifs is 1. The number of rotatable bonds is 6. The van der Waals surface area contributed by atoms with E-state index in [0.29, 0.717) is 19.0 Å². The first-order valence-electron chi connectivity index (χ1n) is 7.91. The molecule has 0 unspecified atom stereocenters. The Kier molecular flexibility index (Phi) is 3.83. The molecule has 0 aliphatic heterocycles. The quantitative estimate of drug-likeness (QED) is 0.758. The van der Waals surface area contributed by atoms with Gasteiger partial charge >= 0.3 is 0 Å². The van der Waals surface area contributed by atoms with Crippen molar-refractivity contribution in [3.8, 4) is 0 Å². The molecule has 3 aromatic rings. The minimum absolute atomic E-state index is 0.0339. The summed E-state index contributed by atoms with van der Waals surface area (Å²) in [6.45, 7) is 0.960. The van der Waals surface area contributed by atoms with Crippen molar-refractivity contribution in [3.05, 3.63) is 46.7 Å². The molecule has 0 saturated heterocycles. The van der Waals surface area contributed by atoms with Gasteiger partial charge in [-0.1, -0.05) is 12.1 Å². The van der Waals surface area contributed by atoms with Crippen molar-refractivity contribution in [1.29, 1.82) is 0 Å². The molecule has 1 aromatic carbocycles. The highest BCUT2D eigenvalue weighted by atomic mass is 32.1. The number of benzene rings is 1. The van der Waals surface area contributed by atoms with E-state index in [2.05, 4.69) is 14.9 Å². The molecular formula is C17H18N4OS. The number of carbonyl (C=O) groups is 1. The van der Waals surface area contributed by atoms with Crippen molar-refractivity contribution < 1.29 is 4.79 Å². The van der Waals surface area contributed by atoms with E-state index in [-0.39, 0.29) is 5.91 Å². The van der Waals surface area contributed by atoms with Crippen LogP contribution in [-0.2, 0) is 17.8 Å². The first-order chi connectivity index (χ1) is 11.3. The molecule has 1 saturated carbocycles. The highest BCUT2D eigenvalue weighted by molar-refractivity contribution is 7.09. The molecule has 2 heterocycles. The standard InChI is InChI=1S/C17H18N4OS/c22-15(18-8-7-16-19-9-10-23-16)11-21-14-4-2-1-3-13(14)20-17(21)12-5-6-12/h1-4,9-10,12H,5-8,11H2,(H,18,22). The van der Waals surface area contributed by atoms with Crippen molar-refractivity contribution in [1.82, 2.24) is 19.9 Å². The van der Waals surface area contributed by atoms with E-state index in [9.17, 15) is 4.79 Å². The van der Waals surface area contributed by atoms with E-state index in [0.717, 1.165) is 28.3 Å². The number of hydrogen-bond acceptors (Lipinski definition) is 4. The van der Waals surface area contributed by atoms with Crippen LogP contribution in [0.3, 0.4) is 0 Å². The van der Waals surface area contributed by atoms with Crippen LogP contribution in [0.5, 0.6) is 0 Å². The fourth-order valence-corrected chi connectivity index (χ4v) is 3.42. The third-order valence-corrected chi connectivity index (χ3v) is 4.91. The highest BCUT2D eigenvalue weighted by Crippen LogP contribution is 2.40. The zero-order valence-corrected chi connectivity index (χ0v) is 13.6. The van der Waals surface area contributed by atoms with Crippen molar-refractivity contribution in [3.63, 3.8) is 0 Å². The molecule has 0 bridgehead atoms. The highest BCUT2D eigenvalue weighted by Gasteiger charge is 2.30. The van der Waals surface area contributed by atoms with Crippen molar-refractivity contribution in [2.24, 2.45) is 0 Å². The molecule has 0 spiro atoms. The lowest BCUT2D eigenvalue weighted by molar-refractivity contribution is -0.121. The molecule has 1 N–H and O–H groups in total. The number of nitrogens with zero attached hydrogens (tertiary/aromatic N) is 3. The van der Waals surface area contributed by atoms with Gasteiger partial charge in [0.15, 0.2) is 0 Å². The van der Waals surface area contributed by atoms with Crippen molar-refractivity contribution >= 4 is 28.3 Å². The number of carbonyl (C=O) groups excluding carboxylic acids is 1. The lowest BCUT2D eigenvalue weighted by Crippen LogP contribution is -2.29. The smallest absolute Gasteiger partial charge is 0.240 e. The predicted octanol–water partition coefficient (Wildman–Crippen LogP) is 2.73. The van der Waals surface area contributed by atoms with E-state index < -0.39 is 0 Å². The number of hydrogen-bond donors (Lipinski definition) is 1. The van der Waals surface area contributed by atoms with Crippen LogP contribution in [0.1, 0.15) is 29.6 Å². The third-order valence-electron chi connectivity index (χ3n) is 4.07. The van der Waals surface area contributed by atoms with Gasteiger partial charge in [0.1, 0.15) is 12.4 Å². The van der Waals surface area contributed by atoms with Crippen LogP contribution in [0.25, 0.3) is 11.0 Å². The second kappa shape index (κ2) is 6.12. The summed E-state index contributed by atoms with van der Waals surface area (Å²) in [7, 11) is 0. The summed E-state index contributed by atoms with van der Waals surface area (Å²) in [5.41, 5.74) is 2.02. The van der Waals surface area contributed by atoms with Crippen LogP contribution >= 0.6 is 11.3 Å². The zero-order chi connectivity index (χ0) is 15.6. The Morgan fingerprint density at radius 2 is 2.22 bits per heavy atom. The van der Waals surface area contributed by atoms with Crippen LogP contribution in [-0.4, -0.2) is 27.0 Å². The van der Waals surface area contributed by atoms with Crippen molar-refractivity contribution in [2.75, 3.05) is 6.54 Å². The summed E-state index contributed by atoms with van der Waals surface area (Å²) in [5.74, 6) is 1.61. The van der Waals surface area contributed by atoms with Gasteiger partial charge < -0.3 is 9.88 Å². The fraction of sp³-hybridized carbons (Fsp3) is 0.353. The first-order valence-corrected chi connectivity index (χ1v) is 8.79. The van der Waals surface area contributed by atoms with Gasteiger partial charge in [0.2, 0.25) is 5.91 Å². The van der Waals surface area contributed by atoms with E-state index in [1.165, 1.54) is 12.8 Å². The molecule has 1 aliphatic rings. The Morgan fingerprint density at radius 1 is 1.35 bits per heavy atom. The van der Waals surface area contributed by atoms with Gasteiger partial charge in [0.05, 0.1) is 16.0 Å². The molecule has 0 atom stereocenters. The normalized spacial score (nSPS) is 14.3. The molecule has 2 aromatic heterocycles. The number of thiazole rings is 1. The Labute approximate surface area is 138 Å². The zero-order valence-electron chi connectivity index (χ0n) is 12.7. The molecule has 4 rings (SSSR count). The maximum Gasteiger partial charge on any atom is 0.240 e. The van der Waals surface area contributed by atoms with Crippen LogP contribution in [0, 0.1) is 0 Å². The SMILES string of the molecule is O=C(Cn1c(C2CC2)nc2ccccc21)NCCc1nccs1. The van der Waals surface area contributed by atoms with Gasteiger partial charge in [0.25, 0.3) is 0 Å². The van der Waals surface area contributed by atoms with Crippen LogP contribution in [0.2, 0.25) is 0 Å². The summed E-state index contributed by atoms with van der Waals surface area (Å²) in [4.78, 5) is 21.3. The predicted molar refractivity (Wildman–Crippen MR) is 90.5 cm³/mol. The van der Waals surface area contributed by atoms with Gasteiger partial charge in [-0.15, -0.1) is 11.3 Å². The number of imidazole rings is 1. The molecular weight excluding hydrogens is 308 g/mol. The molecule has 0 radical (unpaired) electrons. The average molecular weight is 326 g/mol. The number of amides is 1. The molecule has 6 heteroatoms. The van der Waals surface area contributed by atoms with Crippen LogP contribution in [0.4, 0.5) is 0 Å². The monoisotopic (exact) mass is 326 g/mol. The largest absolute Gasteiger partial charge is 0.354 e. The van der Waals surface area contributed by atoms with E-state index >= 15 is 0 Å². The summed E-state index contributed by atoms with van der Waals surface area (Å²) in [6, 6.07) is 8.04. The Bertz CT molecular complexity index is 820. The van der Waals surface area contributed by atoms with E-state index in [1.807, 2.05) is 29.6 Å². The minimum atomic E-state index is 0.0339. The maximum atomic E-state index is 12.3. The van der Waals surface area contributed by atoms with Gasteiger partial charge in [-0.3, -0.25) is 4.79 Å². The summed E-state index contributed by atoms with van der Waals surface area (Å²) < 4.78 is 2.08. The Balaban J connectivity index is 1.46. The molecule has 1 fully saturated rings. The summed E-state index contributed by atoms with van der Waals surface area (Å²) in [5, 5.41) is 6.00. The Hall–Kier alpha value is -2.21. The van der Waals surface area contributed by atoms with Crippen LogP contribution < -0.4 is 5.32 Å². The lowest BCUT2D eigenvalue weighted by Gasteiger charge is -2.09. The second-order valence-corrected chi connectivity index (χ2v) is 6.82. The summed E-state index contributed by atoms with van der Waals surface area (Å²) in [6.07, 6.45) is 4.93. The number of para-hydroxylation sites is 2. The van der Waals surface area contributed by atoms with Crippen LogP contribution in [0.15, 0.2) is 35.8 Å².